The van der Waals surface area contributed by atoms with Crippen LogP contribution in [0.2, 0.25) is 20.2 Å². The monoisotopic (exact) mass is 1120 g/mol. The van der Waals surface area contributed by atoms with E-state index in [0.29, 0.717) is 36.4 Å². The Hall–Kier alpha value is -6.82. The van der Waals surface area contributed by atoms with Crippen LogP contribution in [0.15, 0.2) is 60.9 Å². The first kappa shape index (κ1) is 67.2. The standard InChI is InChI=1S/C18H19ClFN5O3.C9H11ClFNO.C9H9ClN4O2.C7H4ClFO2.C2H7N.2CH4.CH3/c1-3-24(9-10-12(26)6-5-11(20)15(10)19)13-7-8-25-17(22-13)14(16(21)23-25)18(27)28-4-2;1-2-12-5-6-8(13)4-3-7(11)9(6)10;1-2-16-9(15)6-7(11)13-14-4-3-5(10)12-8(6)14;8-7-4(3-10)6(11)2-1-5(7)9;1-2-3;;;/h5-8,26H,3-4,9H2,1-2H3,(H2,21,23);3-4,12-13H,2,5H2,1H3;3-4H,2H2,1H3,(H2,11,13);1-3,11H;2-3H2,1H3;2*1H4;1H3/q;;;;;;;-1. The smallest absolute Gasteiger partial charge is 0.345 e. The fraction of sp³-hybridized carbons (Fsp3) is 0.292. The Bertz CT molecular complexity index is 2950. The zero-order valence-corrected chi connectivity index (χ0v) is 42.7. The fourth-order valence-corrected chi connectivity index (χ4v) is 6.57. The largest absolute Gasteiger partial charge is 0.508 e. The number of hydrogen-bond donors (Lipinski definition) is 7. The molecule has 0 unspecified atom stereocenters. The van der Waals surface area contributed by atoms with Gasteiger partial charge in [-0.15, -0.1) is 10.2 Å². The third-order valence-corrected chi connectivity index (χ3v) is 10.5. The highest BCUT2D eigenvalue weighted by molar-refractivity contribution is 6.33. The van der Waals surface area contributed by atoms with Gasteiger partial charge in [-0.1, -0.05) is 75.1 Å². The van der Waals surface area contributed by atoms with Crippen LogP contribution < -0.4 is 27.4 Å². The van der Waals surface area contributed by atoms with E-state index in [9.17, 15) is 37.8 Å². The summed E-state index contributed by atoms with van der Waals surface area (Å²) in [5.74, 6) is -2.87. The number of aldehydes is 1. The van der Waals surface area contributed by atoms with Crippen molar-refractivity contribution in [2.24, 2.45) is 5.73 Å². The van der Waals surface area contributed by atoms with Crippen LogP contribution in [0.25, 0.3) is 11.3 Å². The Labute approximate surface area is 446 Å². The van der Waals surface area contributed by atoms with Gasteiger partial charge < -0.3 is 59.6 Å². The van der Waals surface area contributed by atoms with Crippen molar-refractivity contribution >= 4 is 93.4 Å². The van der Waals surface area contributed by atoms with Crippen LogP contribution in [0.1, 0.15) is 91.7 Å². The zero-order valence-electron chi connectivity index (χ0n) is 39.7. The van der Waals surface area contributed by atoms with E-state index >= 15 is 0 Å². The minimum Gasteiger partial charge on any atom is -0.508 e. The third-order valence-electron chi connectivity index (χ3n) is 9.11. The summed E-state index contributed by atoms with van der Waals surface area (Å²) in [4.78, 5) is 44.2. The Balaban J connectivity index is 0.000000994. The second kappa shape index (κ2) is 32.4. The number of nitrogens with one attached hydrogen (secondary N) is 1. The number of fused-ring (bicyclic) bond motifs is 2. The molecule has 0 saturated carbocycles. The number of rotatable bonds is 12. The molecule has 406 valence electrons. The van der Waals surface area contributed by atoms with E-state index in [1.807, 2.05) is 20.8 Å². The molecule has 10 N–H and O–H groups in total. The van der Waals surface area contributed by atoms with Crippen molar-refractivity contribution in [3.05, 3.63) is 134 Å². The lowest BCUT2D eigenvalue weighted by atomic mass is 10.1. The van der Waals surface area contributed by atoms with Crippen molar-refractivity contribution in [2.75, 3.05) is 49.2 Å². The molecule has 0 bridgehead atoms. The number of halogens is 7. The molecule has 0 atom stereocenters. The molecule has 7 aromatic rings. The Morgan fingerprint density at radius 2 is 1.14 bits per heavy atom. The maximum Gasteiger partial charge on any atom is 0.345 e. The average Bonchev–Trinajstić information content (AvgIpc) is 3.85. The van der Waals surface area contributed by atoms with Gasteiger partial charge in [0.15, 0.2) is 29.2 Å². The van der Waals surface area contributed by atoms with Gasteiger partial charge in [-0.05, 0) is 82.4 Å². The molecule has 74 heavy (non-hydrogen) atoms. The molecule has 19 nitrogen and oxygen atoms in total. The van der Waals surface area contributed by atoms with Crippen LogP contribution in [0, 0.1) is 24.9 Å². The summed E-state index contributed by atoms with van der Waals surface area (Å²) in [6, 6.07) is 10.1. The summed E-state index contributed by atoms with van der Waals surface area (Å²) in [6.07, 6.45) is 3.48. The van der Waals surface area contributed by atoms with Crippen molar-refractivity contribution in [3.8, 4) is 17.2 Å². The van der Waals surface area contributed by atoms with Crippen LogP contribution >= 0.6 is 46.4 Å². The van der Waals surface area contributed by atoms with Gasteiger partial charge >= 0.3 is 11.9 Å². The minimum absolute atomic E-state index is 0. The Morgan fingerprint density at radius 1 is 0.703 bits per heavy atom. The summed E-state index contributed by atoms with van der Waals surface area (Å²) >= 11 is 22.7. The number of hydrogen-bond acceptors (Lipinski definition) is 17. The molecule has 7 rings (SSSR count). The molecule has 0 radical (unpaired) electrons. The lowest BCUT2D eigenvalue weighted by molar-refractivity contribution is 0.0519. The maximum atomic E-state index is 13.8. The highest BCUT2D eigenvalue weighted by Crippen LogP contribution is 2.32. The van der Waals surface area contributed by atoms with Gasteiger partial charge in [0.25, 0.3) is 0 Å². The number of nitrogen functional groups attached to an aromatic ring is 2. The number of benzene rings is 3. The van der Waals surface area contributed by atoms with Crippen molar-refractivity contribution < 1.29 is 52.3 Å². The first-order chi connectivity index (χ1) is 33.7. The van der Waals surface area contributed by atoms with Crippen molar-refractivity contribution in [1.29, 1.82) is 0 Å². The number of anilines is 3. The number of esters is 2. The summed E-state index contributed by atoms with van der Waals surface area (Å²) in [5.41, 5.74) is 17.5. The summed E-state index contributed by atoms with van der Waals surface area (Å²) < 4.78 is 51.9. The number of carbonyl (C=O) groups excluding carboxylic acids is 3. The number of aromatic nitrogens is 6. The van der Waals surface area contributed by atoms with Gasteiger partial charge in [0.1, 0.15) is 56.8 Å². The maximum absolute atomic E-state index is 13.8. The quantitative estimate of drug-likeness (QED) is 0.0259. The lowest BCUT2D eigenvalue weighted by Gasteiger charge is -2.23. The average molecular weight is 1120 g/mol. The molecule has 26 heteroatoms. The van der Waals surface area contributed by atoms with E-state index in [4.69, 9.17) is 78.2 Å². The zero-order chi connectivity index (χ0) is 53.1. The normalized spacial score (nSPS) is 9.96. The molecule has 0 aliphatic carbocycles. The summed E-state index contributed by atoms with van der Waals surface area (Å²) in [7, 11) is 0. The molecule has 0 fully saturated rings. The number of nitrogens with two attached hydrogens (primary N) is 3. The lowest BCUT2D eigenvalue weighted by Crippen LogP contribution is -2.24. The SMILES string of the molecule is C.C.CCN.CCNCc1c(O)ccc(F)c1Cl.CCOC(=O)c1c(N)nn2ccc(Cl)nc12.CCOC(=O)c1c(N)nn2ccc(N(CC)Cc3c(O)ccc(F)c3Cl)nc12.O=Cc1c(O)ccc(F)c1Cl.[CH3-]. The van der Waals surface area contributed by atoms with Crippen LogP contribution in [-0.4, -0.2) is 95.6 Å². The highest BCUT2D eigenvalue weighted by Gasteiger charge is 2.23. The number of phenolic OH excluding ortho intramolecular Hbond substituents is 3. The number of aromatic hydroxyl groups is 3. The van der Waals surface area contributed by atoms with Gasteiger partial charge in [0.2, 0.25) is 0 Å². The Morgan fingerprint density at radius 3 is 1.58 bits per heavy atom. The molecule has 0 aliphatic heterocycles. The van der Waals surface area contributed by atoms with E-state index < -0.39 is 29.4 Å². The molecule has 4 aromatic heterocycles. The van der Waals surface area contributed by atoms with E-state index in [0.717, 1.165) is 37.4 Å². The van der Waals surface area contributed by atoms with Gasteiger partial charge in [-0.2, -0.15) is 0 Å². The van der Waals surface area contributed by atoms with E-state index in [1.54, 1.807) is 43.3 Å². The van der Waals surface area contributed by atoms with Gasteiger partial charge in [0.05, 0.1) is 33.8 Å². The van der Waals surface area contributed by atoms with Crippen molar-refractivity contribution in [2.45, 2.75) is 62.6 Å². The molecule has 0 aliphatic rings. The van der Waals surface area contributed by atoms with E-state index in [2.05, 4.69) is 25.5 Å². The fourth-order valence-electron chi connectivity index (χ4n) is 5.78. The van der Waals surface area contributed by atoms with Gasteiger partial charge in [0, 0.05) is 43.2 Å². The van der Waals surface area contributed by atoms with Gasteiger partial charge in [-0.25, -0.2) is 41.8 Å². The first-order valence-electron chi connectivity index (χ1n) is 21.1. The predicted molar refractivity (Wildman–Crippen MR) is 285 cm³/mol. The summed E-state index contributed by atoms with van der Waals surface area (Å²) in [5, 5.41) is 39.1. The van der Waals surface area contributed by atoms with Crippen LogP contribution in [0.5, 0.6) is 17.2 Å². The molecule has 4 heterocycles. The van der Waals surface area contributed by atoms with Gasteiger partial charge in [-0.3, -0.25) is 4.79 Å². The molecular formula is C48H61Cl4F3N11O8-. The molecule has 0 amide bonds. The molecule has 0 spiro atoms. The van der Waals surface area contributed by atoms with E-state index in [-0.39, 0.29) is 119 Å². The van der Waals surface area contributed by atoms with E-state index in [1.165, 1.54) is 21.2 Å². The minimum atomic E-state index is -0.716. The Kier molecular flexibility index (Phi) is 29.4. The van der Waals surface area contributed by atoms with Crippen LogP contribution in [0.4, 0.5) is 30.6 Å². The molecule has 3 aromatic carbocycles. The van der Waals surface area contributed by atoms with Crippen LogP contribution in [-0.2, 0) is 22.6 Å². The predicted octanol–water partition coefficient (Wildman–Crippen LogP) is 10.1. The van der Waals surface area contributed by atoms with Crippen molar-refractivity contribution in [1.82, 2.24) is 34.5 Å². The second-order valence-electron chi connectivity index (χ2n) is 13.9. The number of ether oxygens (including phenoxy) is 2. The van der Waals surface area contributed by atoms with Crippen LogP contribution in [0.3, 0.4) is 0 Å². The topological polar surface area (TPSA) is 284 Å². The number of nitrogens with zero attached hydrogens (tertiary/aromatic N) is 7. The van der Waals surface area contributed by atoms with Crippen molar-refractivity contribution in [3.63, 3.8) is 0 Å². The highest BCUT2D eigenvalue weighted by atomic mass is 35.5. The third kappa shape index (κ3) is 17.4. The second-order valence-corrected chi connectivity index (χ2v) is 15.4. The first-order valence-corrected chi connectivity index (χ1v) is 22.6. The number of phenols is 3. The summed E-state index contributed by atoms with van der Waals surface area (Å²) in [6.45, 7) is 12.0. The molecule has 0 saturated heterocycles. The molecular weight excluding hydrogens is 1060 g/mol. The number of carbonyl (C=O) groups is 3.